The number of carboxylic acid groups (broad SMARTS) is 1. The molecule has 7 nitrogen and oxygen atoms in total. The summed E-state index contributed by atoms with van der Waals surface area (Å²) in [6.45, 7) is 0.392. The Kier molecular flexibility index (Phi) is 4.86. The molecule has 2 heterocycles. The van der Waals surface area contributed by atoms with E-state index in [1.165, 1.54) is 19.2 Å². The van der Waals surface area contributed by atoms with Gasteiger partial charge in [-0.3, -0.25) is 4.79 Å². The van der Waals surface area contributed by atoms with Gasteiger partial charge in [-0.25, -0.2) is 9.78 Å². The van der Waals surface area contributed by atoms with Crippen LogP contribution in [-0.2, 0) is 4.79 Å². The van der Waals surface area contributed by atoms with Crippen LogP contribution in [-0.4, -0.2) is 53.4 Å². The number of urea groups is 1. The van der Waals surface area contributed by atoms with Crippen molar-refractivity contribution in [2.24, 2.45) is 11.8 Å². The van der Waals surface area contributed by atoms with Crippen molar-refractivity contribution in [1.29, 1.82) is 0 Å². The van der Waals surface area contributed by atoms with Crippen LogP contribution in [0.4, 0.5) is 23.7 Å². The predicted molar refractivity (Wildman–Crippen MR) is 76.8 cm³/mol. The summed E-state index contributed by atoms with van der Waals surface area (Å²) in [4.78, 5) is 28.1. The van der Waals surface area contributed by atoms with Gasteiger partial charge in [-0.05, 0) is 13.0 Å². The number of ether oxygens (including phenoxy) is 1. The number of nitrogens with zero attached hydrogens (tertiary/aromatic N) is 2. The Labute approximate surface area is 135 Å². The molecule has 1 aromatic rings. The molecule has 1 aliphatic heterocycles. The monoisotopic (exact) mass is 347 g/mol. The molecule has 24 heavy (non-hydrogen) atoms. The van der Waals surface area contributed by atoms with E-state index in [9.17, 15) is 22.8 Å². The number of halogens is 3. The number of amides is 2. The van der Waals surface area contributed by atoms with Crippen molar-refractivity contribution in [3.63, 3.8) is 0 Å². The fourth-order valence-corrected chi connectivity index (χ4v) is 2.53. The molecule has 2 N–H and O–H groups in total. The van der Waals surface area contributed by atoms with Crippen molar-refractivity contribution in [1.82, 2.24) is 9.88 Å². The molecule has 1 aliphatic rings. The molecule has 10 heteroatoms. The number of carbonyl (C=O) groups is 2. The average molecular weight is 347 g/mol. The number of alkyl halides is 3. The van der Waals surface area contributed by atoms with E-state index in [2.05, 4.69) is 10.3 Å². The molecule has 1 aromatic heterocycles. The van der Waals surface area contributed by atoms with Crippen molar-refractivity contribution in [2.45, 2.75) is 13.1 Å². The molecule has 1 saturated heterocycles. The Hall–Kier alpha value is -2.52. The lowest BCUT2D eigenvalue weighted by Crippen LogP contribution is -2.35. The summed E-state index contributed by atoms with van der Waals surface area (Å²) in [5.74, 6) is -5.01. The molecule has 132 valence electrons. The molecule has 0 bridgehead atoms. The summed E-state index contributed by atoms with van der Waals surface area (Å²) in [7, 11) is 1.42. The Balaban J connectivity index is 2.12. The highest BCUT2D eigenvalue weighted by atomic mass is 19.4. The summed E-state index contributed by atoms with van der Waals surface area (Å²) >= 11 is 0. The van der Waals surface area contributed by atoms with Gasteiger partial charge in [-0.1, -0.05) is 0 Å². The average Bonchev–Trinajstić information content (AvgIpc) is 2.95. The van der Waals surface area contributed by atoms with Gasteiger partial charge in [-0.2, -0.15) is 13.2 Å². The largest absolute Gasteiger partial charge is 0.481 e. The minimum absolute atomic E-state index is 0.308. The fourth-order valence-electron chi connectivity index (χ4n) is 2.53. The first-order valence-corrected chi connectivity index (χ1v) is 7.00. The number of aromatic nitrogens is 1. The second-order valence-corrected chi connectivity index (χ2v) is 5.41. The quantitative estimate of drug-likeness (QED) is 0.874. The number of rotatable bonds is 3. The number of carbonyl (C=O) groups excluding carboxylic acids is 1. The molecule has 2 atom stereocenters. The van der Waals surface area contributed by atoms with Crippen LogP contribution in [0.5, 0.6) is 5.88 Å². The molecule has 0 unspecified atom stereocenters. The normalized spacial score (nSPS) is 20.8. The molecular weight excluding hydrogens is 331 g/mol. The van der Waals surface area contributed by atoms with Gasteiger partial charge in [-0.15, -0.1) is 0 Å². The SMILES string of the molecule is COc1ccc(NC(=O)N2C[C@@H](C(F)(F)F)[C@H](C(=O)O)C2)c(C)n1. The van der Waals surface area contributed by atoms with Gasteiger partial charge in [0.1, 0.15) is 0 Å². The van der Waals surface area contributed by atoms with Gasteiger partial charge in [0, 0.05) is 19.2 Å². The van der Waals surface area contributed by atoms with E-state index in [4.69, 9.17) is 9.84 Å². The third kappa shape index (κ3) is 3.69. The first-order chi connectivity index (χ1) is 11.1. The molecule has 0 aliphatic carbocycles. The minimum Gasteiger partial charge on any atom is -0.481 e. The zero-order chi connectivity index (χ0) is 18.1. The summed E-state index contributed by atoms with van der Waals surface area (Å²) in [6, 6.07) is 2.19. The van der Waals surface area contributed by atoms with Crippen molar-refractivity contribution in [3.05, 3.63) is 17.8 Å². The maximum atomic E-state index is 12.9. The van der Waals surface area contributed by atoms with E-state index >= 15 is 0 Å². The van der Waals surface area contributed by atoms with Gasteiger partial charge < -0.3 is 20.1 Å². The number of hydrogen-bond donors (Lipinski definition) is 2. The smallest absolute Gasteiger partial charge is 0.394 e. The molecule has 0 saturated carbocycles. The van der Waals surface area contributed by atoms with E-state index in [-0.39, 0.29) is 0 Å². The van der Waals surface area contributed by atoms with Crippen molar-refractivity contribution in [2.75, 3.05) is 25.5 Å². The summed E-state index contributed by atoms with van der Waals surface area (Å²) < 4.78 is 43.7. The lowest BCUT2D eigenvalue weighted by atomic mass is 9.96. The van der Waals surface area contributed by atoms with Crippen LogP contribution in [0.25, 0.3) is 0 Å². The Morgan fingerprint density at radius 2 is 2.04 bits per heavy atom. The lowest BCUT2D eigenvalue weighted by molar-refractivity contribution is -0.187. The Morgan fingerprint density at radius 3 is 2.50 bits per heavy atom. The number of methoxy groups -OCH3 is 1. The topological polar surface area (TPSA) is 91.8 Å². The van der Waals surface area contributed by atoms with Crippen LogP contribution in [0.1, 0.15) is 5.69 Å². The van der Waals surface area contributed by atoms with Gasteiger partial charge >= 0.3 is 18.2 Å². The van der Waals surface area contributed by atoms with Crippen molar-refractivity contribution < 1.29 is 32.6 Å². The number of pyridine rings is 1. The highest BCUT2D eigenvalue weighted by Crippen LogP contribution is 2.38. The third-order valence-electron chi connectivity index (χ3n) is 3.86. The molecular formula is C14H16F3N3O4. The highest BCUT2D eigenvalue weighted by Gasteiger charge is 2.53. The van der Waals surface area contributed by atoms with Gasteiger partial charge in [0.2, 0.25) is 5.88 Å². The standard InChI is InChI=1S/C14H16F3N3O4/c1-7-10(3-4-11(18-7)24-2)19-13(23)20-5-8(12(21)22)9(6-20)14(15,16)17/h3-4,8-9H,5-6H2,1-2H3,(H,19,23)(H,21,22)/t8-,9-/m1/s1. The maximum absolute atomic E-state index is 12.9. The van der Waals surface area contributed by atoms with E-state index in [1.807, 2.05) is 0 Å². The van der Waals surface area contributed by atoms with E-state index in [1.54, 1.807) is 6.92 Å². The lowest BCUT2D eigenvalue weighted by Gasteiger charge is -2.19. The van der Waals surface area contributed by atoms with E-state index < -0.39 is 43.1 Å². The predicted octanol–water partition coefficient (Wildman–Crippen LogP) is 2.13. The van der Waals surface area contributed by atoms with Gasteiger partial charge in [0.15, 0.2) is 0 Å². The first-order valence-electron chi connectivity index (χ1n) is 7.00. The number of anilines is 1. The number of hydrogen-bond acceptors (Lipinski definition) is 4. The Morgan fingerprint density at radius 1 is 1.38 bits per heavy atom. The first kappa shape index (κ1) is 17.8. The summed E-state index contributed by atoms with van der Waals surface area (Å²) in [6.07, 6.45) is -4.68. The zero-order valence-corrected chi connectivity index (χ0v) is 12.9. The van der Waals surface area contributed by atoms with Crippen molar-refractivity contribution in [3.8, 4) is 5.88 Å². The molecule has 0 spiro atoms. The maximum Gasteiger partial charge on any atom is 0.394 e. The van der Waals surface area contributed by atoms with Crippen LogP contribution in [0.3, 0.4) is 0 Å². The number of aliphatic carboxylic acids is 1. The van der Waals surface area contributed by atoms with Gasteiger partial charge in [0.25, 0.3) is 0 Å². The number of likely N-dealkylation sites (tertiary alicyclic amines) is 1. The molecule has 2 rings (SSSR count). The van der Waals surface area contributed by atoms with Crippen LogP contribution in [0, 0.1) is 18.8 Å². The molecule has 0 aromatic carbocycles. The van der Waals surface area contributed by atoms with Crippen LogP contribution in [0.15, 0.2) is 12.1 Å². The van der Waals surface area contributed by atoms with Crippen LogP contribution in [0.2, 0.25) is 0 Å². The number of aryl methyl sites for hydroxylation is 1. The molecule has 1 fully saturated rings. The van der Waals surface area contributed by atoms with E-state index in [0.717, 1.165) is 4.90 Å². The summed E-state index contributed by atoms with van der Waals surface area (Å²) in [5.41, 5.74) is 0.729. The number of carboxylic acids is 1. The van der Waals surface area contributed by atoms with Crippen LogP contribution >= 0.6 is 0 Å². The number of nitrogens with one attached hydrogen (secondary N) is 1. The van der Waals surface area contributed by atoms with Gasteiger partial charge in [0.05, 0.1) is 30.3 Å². The van der Waals surface area contributed by atoms with E-state index in [0.29, 0.717) is 17.3 Å². The molecule has 2 amide bonds. The minimum atomic E-state index is -4.68. The third-order valence-corrected chi connectivity index (χ3v) is 3.86. The van der Waals surface area contributed by atoms with Crippen molar-refractivity contribution >= 4 is 17.7 Å². The second kappa shape index (κ2) is 6.54. The van der Waals surface area contributed by atoms with Crippen LogP contribution < -0.4 is 10.1 Å². The second-order valence-electron chi connectivity index (χ2n) is 5.41. The summed E-state index contributed by atoms with van der Waals surface area (Å²) in [5, 5.41) is 11.4. The Bertz CT molecular complexity index is 651. The zero-order valence-electron chi connectivity index (χ0n) is 12.9. The highest BCUT2D eigenvalue weighted by molar-refractivity contribution is 5.90. The fraction of sp³-hybridized carbons (Fsp3) is 0.500. The molecule has 0 radical (unpaired) electrons.